The van der Waals surface area contributed by atoms with Crippen LogP contribution < -0.4 is 5.73 Å². The summed E-state index contributed by atoms with van der Waals surface area (Å²) in [4.78, 5) is 2.24. The first-order chi connectivity index (χ1) is 9.91. The lowest BCUT2D eigenvalue weighted by molar-refractivity contribution is -0.140. The van der Waals surface area contributed by atoms with Crippen molar-refractivity contribution in [2.75, 3.05) is 13.1 Å². The number of nitrogens with two attached hydrogens (primary N) is 1. The van der Waals surface area contributed by atoms with Crippen LogP contribution in [0, 0.1) is 11.7 Å². The predicted molar refractivity (Wildman–Crippen MR) is 71.0 cm³/mol. The van der Waals surface area contributed by atoms with Gasteiger partial charge in [0, 0.05) is 12.1 Å². The van der Waals surface area contributed by atoms with Gasteiger partial charge >= 0.3 is 6.18 Å². The van der Waals surface area contributed by atoms with E-state index in [0.717, 1.165) is 37.9 Å². The number of nitrogens with zero attached hydrogens (tertiary/aromatic N) is 1. The molecule has 2 fully saturated rings. The fourth-order valence-corrected chi connectivity index (χ4v) is 3.35. The second-order valence-corrected chi connectivity index (χ2v) is 5.94. The van der Waals surface area contributed by atoms with Gasteiger partial charge < -0.3 is 5.73 Å². The maximum Gasteiger partial charge on any atom is 0.419 e. The van der Waals surface area contributed by atoms with E-state index in [1.54, 1.807) is 0 Å². The van der Waals surface area contributed by atoms with Gasteiger partial charge in [-0.25, -0.2) is 4.39 Å². The monoisotopic (exact) mass is 302 g/mol. The van der Waals surface area contributed by atoms with Crippen molar-refractivity contribution in [1.82, 2.24) is 4.90 Å². The molecule has 2 unspecified atom stereocenters. The molecule has 0 radical (unpaired) electrons. The highest BCUT2D eigenvalue weighted by Crippen LogP contribution is 2.45. The van der Waals surface area contributed by atoms with Crippen LogP contribution in [-0.2, 0) is 6.18 Å². The molecule has 21 heavy (non-hydrogen) atoms. The van der Waals surface area contributed by atoms with Crippen molar-refractivity contribution < 1.29 is 17.6 Å². The van der Waals surface area contributed by atoms with Gasteiger partial charge in [0.05, 0.1) is 5.56 Å². The molecule has 0 spiro atoms. The van der Waals surface area contributed by atoms with E-state index in [0.29, 0.717) is 18.2 Å². The zero-order valence-electron chi connectivity index (χ0n) is 11.5. The predicted octanol–water partition coefficient (Wildman–Crippen LogP) is 3.33. The summed E-state index contributed by atoms with van der Waals surface area (Å²) in [6, 6.07) is 3.69. The number of hydrogen-bond donors (Lipinski definition) is 1. The van der Waals surface area contributed by atoms with Gasteiger partial charge in [0.1, 0.15) is 5.82 Å². The van der Waals surface area contributed by atoms with Gasteiger partial charge in [0.25, 0.3) is 0 Å². The zero-order valence-corrected chi connectivity index (χ0v) is 11.5. The van der Waals surface area contributed by atoms with Crippen LogP contribution in [0.5, 0.6) is 0 Å². The maximum absolute atomic E-state index is 13.4. The Bertz CT molecular complexity index is 525. The molecule has 1 saturated carbocycles. The highest BCUT2D eigenvalue weighted by atomic mass is 19.4. The van der Waals surface area contributed by atoms with Gasteiger partial charge in [-0.2, -0.15) is 13.2 Å². The Morgan fingerprint density at radius 3 is 2.48 bits per heavy atom. The smallest absolute Gasteiger partial charge is 0.330 e. The van der Waals surface area contributed by atoms with Crippen molar-refractivity contribution in [2.24, 2.45) is 11.7 Å². The molecular formula is C15H18F4N2. The zero-order chi connectivity index (χ0) is 15.2. The van der Waals surface area contributed by atoms with E-state index in [2.05, 4.69) is 4.90 Å². The lowest BCUT2D eigenvalue weighted by Crippen LogP contribution is -2.30. The molecule has 1 saturated heterocycles. The number of likely N-dealkylation sites (tertiary alicyclic amines) is 1. The Balaban J connectivity index is 1.97. The topological polar surface area (TPSA) is 29.3 Å². The average Bonchev–Trinajstić information content (AvgIpc) is 3.17. The van der Waals surface area contributed by atoms with Gasteiger partial charge in [-0.1, -0.05) is 6.07 Å². The lowest BCUT2D eigenvalue weighted by atomic mass is 9.92. The molecule has 6 heteroatoms. The van der Waals surface area contributed by atoms with Gasteiger partial charge in [-0.15, -0.1) is 0 Å². The van der Waals surface area contributed by atoms with Gasteiger partial charge in [-0.3, -0.25) is 4.90 Å². The van der Waals surface area contributed by atoms with Crippen molar-refractivity contribution in [2.45, 2.75) is 37.5 Å². The molecule has 3 rings (SSSR count). The van der Waals surface area contributed by atoms with Crippen LogP contribution in [0.4, 0.5) is 17.6 Å². The lowest BCUT2D eigenvalue weighted by Gasteiger charge is -2.28. The summed E-state index contributed by atoms with van der Waals surface area (Å²) in [5.74, 6) is -1.08. The molecule has 116 valence electrons. The highest BCUT2D eigenvalue weighted by molar-refractivity contribution is 5.31. The molecule has 0 aromatic heterocycles. The summed E-state index contributed by atoms with van der Waals surface area (Å²) in [7, 11) is 0. The molecule has 1 aliphatic carbocycles. The molecule has 1 aliphatic heterocycles. The van der Waals surface area contributed by atoms with Crippen molar-refractivity contribution >= 4 is 0 Å². The van der Waals surface area contributed by atoms with Crippen molar-refractivity contribution in [3.05, 3.63) is 35.1 Å². The third-order valence-corrected chi connectivity index (χ3v) is 4.52. The number of benzene rings is 1. The fraction of sp³-hybridized carbons (Fsp3) is 0.600. The molecule has 2 N–H and O–H groups in total. The minimum atomic E-state index is -4.67. The minimum absolute atomic E-state index is 0.121. The Kier molecular flexibility index (Phi) is 3.69. The van der Waals surface area contributed by atoms with E-state index < -0.39 is 17.6 Å². The van der Waals surface area contributed by atoms with E-state index in [1.165, 1.54) is 6.07 Å². The third kappa shape index (κ3) is 2.79. The first-order valence-corrected chi connectivity index (χ1v) is 7.24. The summed E-state index contributed by atoms with van der Waals surface area (Å²) < 4.78 is 52.1. The Morgan fingerprint density at radius 2 is 1.90 bits per heavy atom. The molecule has 2 atom stereocenters. The number of halogens is 4. The highest BCUT2D eigenvalue weighted by Gasteiger charge is 2.43. The van der Waals surface area contributed by atoms with Gasteiger partial charge in [0.2, 0.25) is 0 Å². The fourth-order valence-electron chi connectivity index (χ4n) is 3.35. The van der Waals surface area contributed by atoms with E-state index in [1.807, 2.05) is 0 Å². The van der Waals surface area contributed by atoms with E-state index >= 15 is 0 Å². The van der Waals surface area contributed by atoms with E-state index in [-0.39, 0.29) is 12.0 Å². The normalized spacial score (nSPS) is 27.3. The SMILES string of the molecule is NCC1CCN(C2CC2)C1c1ccc(F)c(C(F)(F)F)c1. The van der Waals surface area contributed by atoms with Crippen LogP contribution in [0.1, 0.15) is 36.4 Å². The summed E-state index contributed by atoms with van der Waals surface area (Å²) in [5, 5.41) is 0. The summed E-state index contributed by atoms with van der Waals surface area (Å²) in [6.07, 6.45) is -1.61. The number of hydrogen-bond acceptors (Lipinski definition) is 2. The minimum Gasteiger partial charge on any atom is -0.330 e. The summed E-state index contributed by atoms with van der Waals surface area (Å²) >= 11 is 0. The van der Waals surface area contributed by atoms with Crippen LogP contribution in [0.25, 0.3) is 0 Å². The second-order valence-electron chi connectivity index (χ2n) is 5.94. The summed E-state index contributed by atoms with van der Waals surface area (Å²) in [6.45, 7) is 1.29. The van der Waals surface area contributed by atoms with Crippen LogP contribution in [0.15, 0.2) is 18.2 Å². The second kappa shape index (κ2) is 5.25. The average molecular weight is 302 g/mol. The Hall–Kier alpha value is -1.14. The van der Waals surface area contributed by atoms with Crippen LogP contribution in [0.2, 0.25) is 0 Å². The van der Waals surface area contributed by atoms with Gasteiger partial charge in [-0.05, 0) is 56.0 Å². The quantitative estimate of drug-likeness (QED) is 0.868. The molecule has 1 aromatic rings. The molecule has 2 aliphatic rings. The largest absolute Gasteiger partial charge is 0.419 e. The third-order valence-electron chi connectivity index (χ3n) is 4.52. The van der Waals surface area contributed by atoms with Gasteiger partial charge in [0.15, 0.2) is 0 Å². The summed E-state index contributed by atoms with van der Waals surface area (Å²) in [5.41, 5.74) is 5.12. The number of alkyl halides is 3. The van der Waals surface area contributed by atoms with Crippen molar-refractivity contribution in [3.63, 3.8) is 0 Å². The first-order valence-electron chi connectivity index (χ1n) is 7.24. The van der Waals surface area contributed by atoms with Crippen molar-refractivity contribution in [3.8, 4) is 0 Å². The molecule has 0 bridgehead atoms. The Labute approximate surface area is 120 Å². The molecule has 1 heterocycles. The van der Waals surface area contributed by atoms with E-state index in [4.69, 9.17) is 5.73 Å². The Morgan fingerprint density at radius 1 is 1.19 bits per heavy atom. The van der Waals surface area contributed by atoms with E-state index in [9.17, 15) is 17.6 Å². The maximum atomic E-state index is 13.4. The van der Waals surface area contributed by atoms with Crippen LogP contribution in [-0.4, -0.2) is 24.0 Å². The molecule has 1 aromatic carbocycles. The van der Waals surface area contributed by atoms with Crippen LogP contribution in [0.3, 0.4) is 0 Å². The molecule has 0 amide bonds. The first kappa shape index (κ1) is 14.8. The standard InChI is InChI=1S/C15H18F4N2/c16-13-4-1-9(7-12(13)15(17,18)19)14-10(8-20)5-6-21(14)11-2-3-11/h1,4,7,10-11,14H,2-3,5-6,8,20H2. The molecule has 2 nitrogen and oxygen atoms in total. The molecular weight excluding hydrogens is 284 g/mol. The number of rotatable bonds is 3. The van der Waals surface area contributed by atoms with Crippen molar-refractivity contribution in [1.29, 1.82) is 0 Å². The van der Waals surface area contributed by atoms with Crippen LogP contribution >= 0.6 is 0 Å².